The molecule has 1 N–H and O–H groups in total. The van der Waals surface area contributed by atoms with Crippen molar-refractivity contribution < 1.29 is 9.90 Å². The quantitative estimate of drug-likeness (QED) is 0.262. The van der Waals surface area contributed by atoms with Gasteiger partial charge in [-0.15, -0.1) is 0 Å². The summed E-state index contributed by atoms with van der Waals surface area (Å²) < 4.78 is 2.51. The van der Waals surface area contributed by atoms with Crippen molar-refractivity contribution in [1.29, 1.82) is 0 Å². The van der Waals surface area contributed by atoms with E-state index in [1.165, 1.54) is 36.8 Å². The summed E-state index contributed by atoms with van der Waals surface area (Å²) in [7, 11) is 0. The molecule has 7 heteroatoms. The van der Waals surface area contributed by atoms with Crippen molar-refractivity contribution in [3.8, 4) is 5.75 Å². The summed E-state index contributed by atoms with van der Waals surface area (Å²) in [4.78, 5) is 22.9. The van der Waals surface area contributed by atoms with E-state index < -0.39 is 0 Å². The third-order valence-corrected chi connectivity index (χ3v) is 10.8. The molecule has 1 amide bonds. The van der Waals surface area contributed by atoms with Crippen LogP contribution in [0.3, 0.4) is 0 Å². The summed E-state index contributed by atoms with van der Waals surface area (Å²) >= 11 is 6.11. The number of piperidine rings is 2. The van der Waals surface area contributed by atoms with Crippen LogP contribution in [0.5, 0.6) is 5.75 Å². The van der Waals surface area contributed by atoms with Crippen molar-refractivity contribution in [3.63, 3.8) is 0 Å². The predicted molar refractivity (Wildman–Crippen MR) is 167 cm³/mol. The zero-order chi connectivity index (χ0) is 28.8. The van der Waals surface area contributed by atoms with Gasteiger partial charge in [0, 0.05) is 31.2 Å². The Hall–Kier alpha value is -3.35. The molecular formula is C35H39ClN4O2. The topological polar surface area (TPSA) is 61.6 Å². The summed E-state index contributed by atoms with van der Waals surface area (Å²) in [5, 5.41) is 10.6. The van der Waals surface area contributed by atoms with Gasteiger partial charge in [0.05, 0.1) is 21.6 Å². The number of nitrogens with zero attached hydrogens (tertiary/aromatic N) is 4. The first kappa shape index (κ1) is 27.5. The van der Waals surface area contributed by atoms with E-state index >= 15 is 0 Å². The molecule has 0 radical (unpaired) electrons. The number of benzene rings is 3. The number of hydrogen-bond acceptors (Lipinski definition) is 4. The van der Waals surface area contributed by atoms with Crippen LogP contribution in [-0.4, -0.2) is 62.1 Å². The van der Waals surface area contributed by atoms with Gasteiger partial charge in [-0.25, -0.2) is 4.98 Å². The molecule has 2 bridgehead atoms. The van der Waals surface area contributed by atoms with Crippen LogP contribution in [0, 0.1) is 6.92 Å². The first-order valence-electron chi connectivity index (χ1n) is 15.5. The zero-order valence-corrected chi connectivity index (χ0v) is 25.0. The average molecular weight is 583 g/mol. The number of phenolic OH excluding ortho intramolecular Hbond substituents is 1. The van der Waals surface area contributed by atoms with Crippen molar-refractivity contribution >= 4 is 28.5 Å². The first-order valence-corrected chi connectivity index (χ1v) is 15.8. The normalized spacial score (nSPS) is 23.9. The van der Waals surface area contributed by atoms with Gasteiger partial charge in [-0.05, 0) is 93.7 Å². The molecule has 2 unspecified atom stereocenters. The number of para-hydroxylation sites is 3. The Morgan fingerprint density at radius 1 is 0.929 bits per heavy atom. The van der Waals surface area contributed by atoms with E-state index in [-0.39, 0.29) is 27.7 Å². The highest BCUT2D eigenvalue weighted by Crippen LogP contribution is 2.45. The molecule has 2 atom stereocenters. The fourth-order valence-electron chi connectivity index (χ4n) is 8.26. The molecule has 3 fully saturated rings. The van der Waals surface area contributed by atoms with Gasteiger partial charge in [-0.3, -0.25) is 9.69 Å². The maximum atomic E-state index is 13.3. The van der Waals surface area contributed by atoms with Gasteiger partial charge in [0.2, 0.25) is 0 Å². The van der Waals surface area contributed by atoms with E-state index in [0.717, 1.165) is 37.1 Å². The lowest BCUT2D eigenvalue weighted by Gasteiger charge is -2.45. The lowest BCUT2D eigenvalue weighted by atomic mass is 9.70. The van der Waals surface area contributed by atoms with Gasteiger partial charge >= 0.3 is 0 Å². The number of carbonyl (C=O) groups is 1. The first-order chi connectivity index (χ1) is 20.4. The van der Waals surface area contributed by atoms with Gasteiger partial charge in [0.15, 0.2) is 0 Å². The number of hydrogen-bond donors (Lipinski definition) is 1. The third-order valence-electron chi connectivity index (χ3n) is 10.5. The largest absolute Gasteiger partial charge is 0.506 e. The Labute approximate surface area is 252 Å². The lowest BCUT2D eigenvalue weighted by Crippen LogP contribution is -2.49. The second-order valence-corrected chi connectivity index (χ2v) is 13.0. The molecular weight excluding hydrogens is 544 g/mol. The van der Waals surface area contributed by atoms with Crippen LogP contribution in [0.1, 0.15) is 72.7 Å². The molecule has 0 saturated carbocycles. The van der Waals surface area contributed by atoms with E-state index in [1.807, 2.05) is 4.90 Å². The highest BCUT2D eigenvalue weighted by molar-refractivity contribution is 6.32. The van der Waals surface area contributed by atoms with Crippen LogP contribution in [0.15, 0.2) is 72.8 Å². The third kappa shape index (κ3) is 4.79. The number of halogens is 1. The maximum Gasteiger partial charge on any atom is 0.257 e. The van der Waals surface area contributed by atoms with Crippen LogP contribution >= 0.6 is 11.6 Å². The summed E-state index contributed by atoms with van der Waals surface area (Å²) in [6, 6.07) is 26.2. The minimum Gasteiger partial charge on any atom is -0.506 e. The number of fused-ring (bicyclic) bond motifs is 3. The fourth-order valence-corrected chi connectivity index (χ4v) is 8.44. The number of amides is 1. The minimum absolute atomic E-state index is 0.0296. The second-order valence-electron chi connectivity index (χ2n) is 12.6. The van der Waals surface area contributed by atoms with E-state index in [9.17, 15) is 9.90 Å². The number of likely N-dealkylation sites (tertiary alicyclic amines) is 1. The molecule has 3 saturated heterocycles. The van der Waals surface area contributed by atoms with E-state index in [2.05, 4.69) is 71.0 Å². The minimum atomic E-state index is -0.140. The molecule has 3 aliphatic rings. The summed E-state index contributed by atoms with van der Waals surface area (Å²) in [6.07, 6.45) is 7.83. The smallest absolute Gasteiger partial charge is 0.257 e. The Bertz CT molecular complexity index is 1580. The second kappa shape index (κ2) is 11.1. The predicted octanol–water partition coefficient (Wildman–Crippen LogP) is 7.14. The van der Waals surface area contributed by atoms with E-state index in [1.54, 1.807) is 18.2 Å². The van der Waals surface area contributed by atoms with Crippen molar-refractivity contribution in [2.24, 2.45) is 0 Å². The molecule has 3 aliphatic heterocycles. The Morgan fingerprint density at radius 3 is 2.36 bits per heavy atom. The monoisotopic (exact) mass is 582 g/mol. The van der Waals surface area contributed by atoms with Gasteiger partial charge in [0.25, 0.3) is 5.91 Å². The fraction of sp³-hybridized carbons (Fsp3) is 0.429. The Kier molecular flexibility index (Phi) is 7.23. The van der Waals surface area contributed by atoms with Crippen LogP contribution in [0.25, 0.3) is 11.0 Å². The zero-order valence-electron chi connectivity index (χ0n) is 24.3. The SMILES string of the molecule is Cc1nc2ccccc2n1C1CC2CCC(C1)N2CCC1(c2ccccc2)CCN(C(=O)c2cccc(Cl)c2O)CC1. The number of aromatic nitrogens is 2. The van der Waals surface area contributed by atoms with Gasteiger partial charge in [-0.2, -0.15) is 0 Å². The molecule has 4 heterocycles. The van der Waals surface area contributed by atoms with E-state index in [4.69, 9.17) is 16.6 Å². The summed E-state index contributed by atoms with van der Waals surface area (Å²) in [5.74, 6) is 0.866. The van der Waals surface area contributed by atoms with Crippen molar-refractivity contribution in [3.05, 3.63) is 94.8 Å². The highest BCUT2D eigenvalue weighted by atomic mass is 35.5. The van der Waals surface area contributed by atoms with Crippen molar-refractivity contribution in [2.45, 2.75) is 75.4 Å². The molecule has 7 rings (SSSR count). The van der Waals surface area contributed by atoms with Crippen LogP contribution in [0.4, 0.5) is 0 Å². The number of aromatic hydroxyl groups is 1. The standard InChI is InChI=1S/C35H39ClN4O2/c1-24-37-31-12-5-6-13-32(31)40(24)28-22-26-14-15-27(23-28)39(26)21-18-35(25-8-3-2-4-9-25)16-19-38(20-17-35)34(42)29-10-7-11-30(36)33(29)41/h2-13,26-28,41H,14-23H2,1H3. The van der Waals surface area contributed by atoms with Gasteiger partial charge < -0.3 is 14.6 Å². The molecule has 1 aromatic heterocycles. The number of rotatable bonds is 6. The van der Waals surface area contributed by atoms with Crippen LogP contribution in [0.2, 0.25) is 5.02 Å². The van der Waals surface area contributed by atoms with Gasteiger partial charge in [-0.1, -0.05) is 60.1 Å². The maximum absolute atomic E-state index is 13.3. The molecule has 42 heavy (non-hydrogen) atoms. The van der Waals surface area contributed by atoms with Crippen molar-refractivity contribution in [1.82, 2.24) is 19.4 Å². The molecule has 3 aromatic carbocycles. The Morgan fingerprint density at radius 2 is 1.62 bits per heavy atom. The Balaban J connectivity index is 1.07. The summed E-state index contributed by atoms with van der Waals surface area (Å²) in [6.45, 7) is 4.58. The highest BCUT2D eigenvalue weighted by Gasteiger charge is 2.44. The number of phenols is 1. The number of carbonyl (C=O) groups excluding carboxylic acids is 1. The van der Waals surface area contributed by atoms with E-state index in [0.29, 0.717) is 31.2 Å². The summed E-state index contributed by atoms with van der Waals surface area (Å²) in [5.41, 5.74) is 4.07. The van der Waals surface area contributed by atoms with Crippen LogP contribution in [-0.2, 0) is 5.41 Å². The average Bonchev–Trinajstić information content (AvgIpc) is 3.48. The molecule has 6 nitrogen and oxygen atoms in total. The molecule has 0 aliphatic carbocycles. The lowest BCUT2D eigenvalue weighted by molar-refractivity contribution is 0.0604. The van der Waals surface area contributed by atoms with Gasteiger partial charge in [0.1, 0.15) is 11.6 Å². The van der Waals surface area contributed by atoms with Crippen LogP contribution < -0.4 is 0 Å². The molecule has 0 spiro atoms. The number of aryl methyl sites for hydroxylation is 1. The van der Waals surface area contributed by atoms with Crippen molar-refractivity contribution in [2.75, 3.05) is 19.6 Å². The number of imidazole rings is 1. The molecule has 218 valence electrons. The molecule has 4 aromatic rings.